The number of carbonyl (C=O) groups excluding carboxylic acids is 1. The average molecular weight is 384 g/mol. The Morgan fingerprint density at radius 1 is 1.18 bits per heavy atom. The van der Waals surface area contributed by atoms with Crippen LogP contribution in [-0.2, 0) is 4.79 Å². The molecule has 2 saturated heterocycles. The van der Waals surface area contributed by atoms with Crippen LogP contribution in [-0.4, -0.2) is 81.3 Å². The van der Waals surface area contributed by atoms with Gasteiger partial charge in [-0.25, -0.2) is 0 Å². The van der Waals surface area contributed by atoms with E-state index < -0.39 is 0 Å². The molecule has 4 heterocycles. The van der Waals surface area contributed by atoms with Crippen molar-refractivity contribution in [1.82, 2.24) is 29.6 Å². The summed E-state index contributed by atoms with van der Waals surface area (Å²) < 4.78 is 1.93. The molecule has 1 unspecified atom stereocenters. The van der Waals surface area contributed by atoms with E-state index in [1.807, 2.05) is 15.5 Å². The SMILES string of the molecule is CC(=O)N1CCCC(CN(C)C2CN(c3ccc4nnc(C5CC5)n4n3)C2)C1. The van der Waals surface area contributed by atoms with Gasteiger partial charge in [-0.15, -0.1) is 15.3 Å². The highest BCUT2D eigenvalue weighted by atomic mass is 16.2. The molecular weight excluding hydrogens is 354 g/mol. The second kappa shape index (κ2) is 6.99. The zero-order valence-corrected chi connectivity index (χ0v) is 16.8. The van der Waals surface area contributed by atoms with E-state index in [2.05, 4.69) is 33.1 Å². The number of rotatable bonds is 5. The van der Waals surface area contributed by atoms with Gasteiger partial charge < -0.3 is 9.80 Å². The largest absolute Gasteiger partial charge is 0.352 e. The minimum absolute atomic E-state index is 0.211. The summed E-state index contributed by atoms with van der Waals surface area (Å²) in [4.78, 5) is 18.5. The summed E-state index contributed by atoms with van der Waals surface area (Å²) in [5.74, 6) is 3.36. The first-order chi connectivity index (χ1) is 13.6. The third-order valence-electron chi connectivity index (χ3n) is 6.54. The fourth-order valence-corrected chi connectivity index (χ4v) is 4.54. The number of aromatic nitrogens is 4. The maximum absolute atomic E-state index is 11.7. The van der Waals surface area contributed by atoms with E-state index in [9.17, 15) is 4.79 Å². The Kier molecular flexibility index (Phi) is 4.45. The molecule has 2 aromatic rings. The molecule has 3 fully saturated rings. The maximum Gasteiger partial charge on any atom is 0.219 e. The lowest BCUT2D eigenvalue weighted by atomic mass is 9.96. The van der Waals surface area contributed by atoms with E-state index in [1.165, 1.54) is 19.3 Å². The number of anilines is 1. The molecule has 1 saturated carbocycles. The lowest BCUT2D eigenvalue weighted by molar-refractivity contribution is -0.130. The number of nitrogens with zero attached hydrogens (tertiary/aromatic N) is 7. The van der Waals surface area contributed by atoms with Crippen LogP contribution in [0.4, 0.5) is 5.82 Å². The van der Waals surface area contributed by atoms with Gasteiger partial charge >= 0.3 is 0 Å². The fraction of sp³-hybridized carbons (Fsp3) is 0.700. The van der Waals surface area contributed by atoms with Crippen molar-refractivity contribution < 1.29 is 4.79 Å². The van der Waals surface area contributed by atoms with Crippen LogP contribution in [0.3, 0.4) is 0 Å². The Morgan fingerprint density at radius 2 is 2.00 bits per heavy atom. The van der Waals surface area contributed by atoms with E-state index in [-0.39, 0.29) is 5.91 Å². The molecule has 3 aliphatic rings. The maximum atomic E-state index is 11.7. The highest BCUT2D eigenvalue weighted by Crippen LogP contribution is 2.38. The molecule has 2 aliphatic heterocycles. The Bertz CT molecular complexity index is 871. The number of fused-ring (bicyclic) bond motifs is 1. The fourth-order valence-electron chi connectivity index (χ4n) is 4.54. The second-order valence-corrected chi connectivity index (χ2v) is 8.77. The third kappa shape index (κ3) is 3.34. The van der Waals surface area contributed by atoms with Crippen LogP contribution in [0.2, 0.25) is 0 Å². The standard InChI is InChI=1S/C20H29N7O/c1-14(28)25-9-3-4-15(11-25)10-24(2)17-12-26(13-17)19-8-7-18-21-22-20(16-5-6-16)27(18)23-19/h7-8,15-17H,3-6,9-13H2,1-2H3. The van der Waals surface area contributed by atoms with Crippen LogP contribution < -0.4 is 4.90 Å². The zero-order valence-electron chi connectivity index (χ0n) is 16.8. The van der Waals surface area contributed by atoms with Gasteiger partial charge in [-0.2, -0.15) is 4.52 Å². The summed E-state index contributed by atoms with van der Waals surface area (Å²) in [6.07, 6.45) is 4.75. The van der Waals surface area contributed by atoms with E-state index in [0.29, 0.717) is 17.9 Å². The van der Waals surface area contributed by atoms with Crippen molar-refractivity contribution in [2.24, 2.45) is 5.92 Å². The Balaban J connectivity index is 1.18. The van der Waals surface area contributed by atoms with Gasteiger partial charge in [-0.05, 0) is 50.8 Å². The van der Waals surface area contributed by atoms with E-state index in [0.717, 1.165) is 56.4 Å². The van der Waals surface area contributed by atoms with E-state index in [4.69, 9.17) is 5.10 Å². The smallest absolute Gasteiger partial charge is 0.219 e. The quantitative estimate of drug-likeness (QED) is 0.777. The minimum Gasteiger partial charge on any atom is -0.352 e. The topological polar surface area (TPSA) is 69.9 Å². The molecular formula is C20H29N7O. The summed E-state index contributed by atoms with van der Waals surface area (Å²) in [6.45, 7) is 6.58. The van der Waals surface area contributed by atoms with Gasteiger partial charge in [0.15, 0.2) is 11.5 Å². The lowest BCUT2D eigenvalue weighted by Crippen LogP contribution is -2.60. The molecule has 8 heteroatoms. The number of amides is 1. The molecule has 0 spiro atoms. The van der Waals surface area contributed by atoms with Crippen molar-refractivity contribution in [3.63, 3.8) is 0 Å². The molecule has 0 bridgehead atoms. The highest BCUT2D eigenvalue weighted by Gasteiger charge is 2.34. The number of likely N-dealkylation sites (N-methyl/N-ethyl adjacent to an activating group) is 1. The van der Waals surface area contributed by atoms with Gasteiger partial charge in [-0.1, -0.05) is 0 Å². The van der Waals surface area contributed by atoms with Crippen LogP contribution in [0.1, 0.15) is 44.3 Å². The molecule has 28 heavy (non-hydrogen) atoms. The summed E-state index contributed by atoms with van der Waals surface area (Å²) >= 11 is 0. The van der Waals surface area contributed by atoms with Gasteiger partial charge in [0.25, 0.3) is 0 Å². The average Bonchev–Trinajstić information content (AvgIpc) is 3.40. The van der Waals surface area contributed by atoms with Crippen LogP contribution >= 0.6 is 0 Å². The van der Waals surface area contributed by atoms with Gasteiger partial charge in [0.2, 0.25) is 5.91 Å². The molecule has 2 aromatic heterocycles. The first-order valence-electron chi connectivity index (χ1n) is 10.5. The molecule has 150 valence electrons. The monoisotopic (exact) mass is 383 g/mol. The van der Waals surface area contributed by atoms with Crippen LogP contribution in [0.25, 0.3) is 5.65 Å². The number of piperidine rings is 1. The van der Waals surface area contributed by atoms with Gasteiger partial charge in [0.1, 0.15) is 5.82 Å². The van der Waals surface area contributed by atoms with E-state index in [1.54, 1.807) is 6.92 Å². The van der Waals surface area contributed by atoms with Gasteiger partial charge in [0.05, 0.1) is 0 Å². The Morgan fingerprint density at radius 3 is 2.75 bits per heavy atom. The number of hydrogen-bond acceptors (Lipinski definition) is 6. The molecule has 5 rings (SSSR count). The number of likely N-dealkylation sites (tertiary alicyclic amines) is 1. The highest BCUT2D eigenvalue weighted by molar-refractivity contribution is 5.73. The van der Waals surface area contributed by atoms with E-state index >= 15 is 0 Å². The Hall–Kier alpha value is -2.22. The van der Waals surface area contributed by atoms with Crippen LogP contribution in [0.5, 0.6) is 0 Å². The first-order valence-corrected chi connectivity index (χ1v) is 10.5. The molecule has 1 atom stereocenters. The molecule has 1 aliphatic carbocycles. The normalized spacial score (nSPS) is 23.5. The number of carbonyl (C=O) groups is 1. The summed E-state index contributed by atoms with van der Waals surface area (Å²) in [7, 11) is 2.22. The molecule has 0 N–H and O–H groups in total. The van der Waals surface area contributed by atoms with Gasteiger partial charge in [0, 0.05) is 51.6 Å². The van der Waals surface area contributed by atoms with Crippen molar-refractivity contribution >= 4 is 17.4 Å². The molecule has 8 nitrogen and oxygen atoms in total. The summed E-state index contributed by atoms with van der Waals surface area (Å²) in [5.41, 5.74) is 0.840. The van der Waals surface area contributed by atoms with Crippen molar-refractivity contribution in [2.45, 2.75) is 44.6 Å². The zero-order chi connectivity index (χ0) is 19.3. The van der Waals surface area contributed by atoms with Crippen LogP contribution in [0.15, 0.2) is 12.1 Å². The number of hydrogen-bond donors (Lipinski definition) is 0. The second-order valence-electron chi connectivity index (χ2n) is 8.77. The first kappa shape index (κ1) is 17.8. The van der Waals surface area contributed by atoms with Crippen molar-refractivity contribution in [3.05, 3.63) is 18.0 Å². The summed E-state index contributed by atoms with van der Waals surface area (Å²) in [5, 5.41) is 13.4. The van der Waals surface area contributed by atoms with Crippen molar-refractivity contribution in [3.8, 4) is 0 Å². The predicted molar refractivity (Wildman–Crippen MR) is 106 cm³/mol. The predicted octanol–water partition coefficient (Wildman–Crippen LogP) is 1.38. The third-order valence-corrected chi connectivity index (χ3v) is 6.54. The van der Waals surface area contributed by atoms with Crippen molar-refractivity contribution in [1.29, 1.82) is 0 Å². The molecule has 1 amide bonds. The minimum atomic E-state index is 0.211. The van der Waals surface area contributed by atoms with Crippen molar-refractivity contribution in [2.75, 3.05) is 44.7 Å². The van der Waals surface area contributed by atoms with Crippen LogP contribution in [0, 0.1) is 5.92 Å². The summed E-state index contributed by atoms with van der Waals surface area (Å²) in [6, 6.07) is 4.63. The molecule has 0 radical (unpaired) electrons. The Labute approximate surface area is 165 Å². The molecule has 0 aromatic carbocycles. The van der Waals surface area contributed by atoms with Gasteiger partial charge in [-0.3, -0.25) is 9.69 Å². The lowest BCUT2D eigenvalue weighted by Gasteiger charge is -2.46.